The fourth-order valence-corrected chi connectivity index (χ4v) is 3.76. The zero-order valence-electron chi connectivity index (χ0n) is 17.9. The van der Waals surface area contributed by atoms with Crippen molar-refractivity contribution in [2.45, 2.75) is 96.5 Å². The molecule has 0 radical (unpaired) electrons. The molecule has 0 aromatic carbocycles. The van der Waals surface area contributed by atoms with Crippen LogP contribution in [-0.4, -0.2) is 58.9 Å². The third kappa shape index (κ3) is 15.3. The van der Waals surface area contributed by atoms with Crippen LogP contribution in [0.3, 0.4) is 0 Å². The fraction of sp³-hybridized carbons (Fsp3) is 0.955. The zero-order chi connectivity index (χ0) is 21.0. The van der Waals surface area contributed by atoms with Gasteiger partial charge in [0.1, 0.15) is 6.10 Å². The number of rotatable bonds is 20. The van der Waals surface area contributed by atoms with Crippen LogP contribution in [0.1, 0.15) is 90.4 Å². The van der Waals surface area contributed by atoms with E-state index in [0.717, 1.165) is 77.0 Å². The van der Waals surface area contributed by atoms with Crippen LogP contribution in [0.15, 0.2) is 0 Å². The first-order valence-electron chi connectivity index (χ1n) is 11.2. The summed E-state index contributed by atoms with van der Waals surface area (Å²) in [6, 6.07) is 0. The molecule has 0 fully saturated rings. The lowest BCUT2D eigenvalue weighted by Crippen LogP contribution is -2.20. The van der Waals surface area contributed by atoms with Crippen molar-refractivity contribution in [2.75, 3.05) is 26.4 Å². The van der Waals surface area contributed by atoms with Crippen molar-refractivity contribution in [3.05, 3.63) is 0 Å². The Kier molecular flexibility index (Phi) is 19.1. The van der Waals surface area contributed by atoms with Crippen molar-refractivity contribution in [1.82, 2.24) is 0 Å². The molecule has 0 bridgehead atoms. The molecule has 0 saturated heterocycles. The van der Waals surface area contributed by atoms with E-state index >= 15 is 0 Å². The SMILES string of the molecule is CCCC(=O)OC(CCCC(CCO)CCCO)CCC(CCO)CCCO. The van der Waals surface area contributed by atoms with E-state index in [9.17, 15) is 15.0 Å². The molecule has 0 saturated carbocycles. The molecule has 3 atom stereocenters. The normalized spacial score (nSPS) is 14.6. The van der Waals surface area contributed by atoms with Crippen molar-refractivity contribution in [3.8, 4) is 0 Å². The summed E-state index contributed by atoms with van der Waals surface area (Å²) in [5, 5.41) is 36.5. The van der Waals surface area contributed by atoms with Crippen LogP contribution in [0.2, 0.25) is 0 Å². The fourth-order valence-electron chi connectivity index (χ4n) is 3.76. The molecule has 3 unspecified atom stereocenters. The van der Waals surface area contributed by atoms with Crippen molar-refractivity contribution in [1.29, 1.82) is 0 Å². The Balaban J connectivity index is 4.56. The molecule has 0 rings (SSSR count). The van der Waals surface area contributed by atoms with Crippen LogP contribution in [0.4, 0.5) is 0 Å². The number of hydrogen-bond acceptors (Lipinski definition) is 6. The second-order valence-corrected chi connectivity index (χ2v) is 7.86. The van der Waals surface area contributed by atoms with Gasteiger partial charge in [0.05, 0.1) is 0 Å². The highest BCUT2D eigenvalue weighted by molar-refractivity contribution is 5.69. The minimum atomic E-state index is -0.145. The standard InChI is InChI=1S/C22H44O6/c1-2-6-22(27)28-21(12-11-20(14-18-26)9-5-16-24)10-3-7-19(13-17-25)8-4-15-23/h19-21,23-26H,2-18H2,1H3. The Hall–Kier alpha value is -0.690. The quantitative estimate of drug-likeness (QED) is 0.232. The summed E-state index contributed by atoms with van der Waals surface area (Å²) in [5.74, 6) is 0.598. The molecule has 0 aliphatic rings. The summed E-state index contributed by atoms with van der Waals surface area (Å²) in [6.07, 6.45) is 10.2. The molecule has 0 aromatic rings. The Morgan fingerprint density at radius 2 is 1.21 bits per heavy atom. The van der Waals surface area contributed by atoms with Gasteiger partial charge in [-0.05, 0) is 82.5 Å². The predicted molar refractivity (Wildman–Crippen MR) is 111 cm³/mol. The smallest absolute Gasteiger partial charge is 0.306 e. The van der Waals surface area contributed by atoms with Gasteiger partial charge in [-0.2, -0.15) is 0 Å². The molecule has 0 amide bonds. The number of carbonyl (C=O) groups excluding carboxylic acids is 1. The summed E-state index contributed by atoms with van der Waals surface area (Å²) in [4.78, 5) is 12.0. The Morgan fingerprint density at radius 3 is 1.71 bits per heavy atom. The number of aliphatic hydroxyl groups is 4. The average Bonchev–Trinajstić information content (AvgIpc) is 2.68. The number of aliphatic hydroxyl groups excluding tert-OH is 4. The van der Waals surface area contributed by atoms with E-state index in [1.54, 1.807) is 0 Å². The maximum absolute atomic E-state index is 12.0. The largest absolute Gasteiger partial charge is 0.462 e. The molecule has 0 aromatic heterocycles. The molecular formula is C22H44O6. The maximum atomic E-state index is 12.0. The van der Waals surface area contributed by atoms with Gasteiger partial charge < -0.3 is 25.2 Å². The highest BCUT2D eigenvalue weighted by Crippen LogP contribution is 2.24. The molecule has 168 valence electrons. The van der Waals surface area contributed by atoms with Gasteiger partial charge in [-0.25, -0.2) is 0 Å². The highest BCUT2D eigenvalue weighted by Gasteiger charge is 2.18. The van der Waals surface area contributed by atoms with E-state index in [2.05, 4.69) is 0 Å². The number of esters is 1. The van der Waals surface area contributed by atoms with Gasteiger partial charge in [-0.1, -0.05) is 13.3 Å². The van der Waals surface area contributed by atoms with E-state index < -0.39 is 0 Å². The molecule has 0 aliphatic carbocycles. The minimum Gasteiger partial charge on any atom is -0.462 e. The Morgan fingerprint density at radius 1 is 0.679 bits per heavy atom. The van der Waals surface area contributed by atoms with Crippen LogP contribution in [-0.2, 0) is 9.53 Å². The first-order chi connectivity index (χ1) is 13.6. The van der Waals surface area contributed by atoms with Crippen LogP contribution in [0.5, 0.6) is 0 Å². The lowest BCUT2D eigenvalue weighted by atomic mass is 9.90. The van der Waals surface area contributed by atoms with Gasteiger partial charge in [0, 0.05) is 32.8 Å². The molecule has 0 heterocycles. The first-order valence-corrected chi connectivity index (χ1v) is 11.2. The van der Waals surface area contributed by atoms with Crippen molar-refractivity contribution in [2.24, 2.45) is 11.8 Å². The van der Waals surface area contributed by atoms with E-state index in [4.69, 9.17) is 14.9 Å². The van der Waals surface area contributed by atoms with E-state index in [0.29, 0.717) is 18.3 Å². The van der Waals surface area contributed by atoms with Crippen LogP contribution in [0, 0.1) is 11.8 Å². The Labute approximate surface area is 171 Å². The van der Waals surface area contributed by atoms with Gasteiger partial charge in [-0.15, -0.1) is 0 Å². The first kappa shape index (κ1) is 27.3. The maximum Gasteiger partial charge on any atom is 0.306 e. The van der Waals surface area contributed by atoms with Crippen LogP contribution in [0.25, 0.3) is 0 Å². The monoisotopic (exact) mass is 404 g/mol. The van der Waals surface area contributed by atoms with Crippen molar-refractivity contribution in [3.63, 3.8) is 0 Å². The predicted octanol–water partition coefficient (Wildman–Crippen LogP) is 3.19. The third-order valence-corrected chi connectivity index (χ3v) is 5.40. The summed E-state index contributed by atoms with van der Waals surface area (Å²) in [6.45, 7) is 2.61. The summed E-state index contributed by atoms with van der Waals surface area (Å²) in [5.41, 5.74) is 0. The van der Waals surface area contributed by atoms with Gasteiger partial charge in [0.15, 0.2) is 0 Å². The summed E-state index contributed by atoms with van der Waals surface area (Å²) >= 11 is 0. The molecule has 6 heteroatoms. The molecular weight excluding hydrogens is 360 g/mol. The average molecular weight is 405 g/mol. The van der Waals surface area contributed by atoms with Gasteiger partial charge in [0.2, 0.25) is 0 Å². The second kappa shape index (κ2) is 19.6. The van der Waals surface area contributed by atoms with E-state index in [-0.39, 0.29) is 38.5 Å². The van der Waals surface area contributed by atoms with E-state index in [1.165, 1.54) is 0 Å². The van der Waals surface area contributed by atoms with Gasteiger partial charge in [-0.3, -0.25) is 4.79 Å². The lowest BCUT2D eigenvalue weighted by Gasteiger charge is -2.22. The van der Waals surface area contributed by atoms with Crippen molar-refractivity contribution < 1.29 is 30.0 Å². The third-order valence-electron chi connectivity index (χ3n) is 5.40. The number of carbonyl (C=O) groups is 1. The topological polar surface area (TPSA) is 107 Å². The zero-order valence-corrected chi connectivity index (χ0v) is 17.9. The Bertz CT molecular complexity index is 350. The van der Waals surface area contributed by atoms with Crippen LogP contribution >= 0.6 is 0 Å². The van der Waals surface area contributed by atoms with Gasteiger partial charge >= 0.3 is 5.97 Å². The van der Waals surface area contributed by atoms with Gasteiger partial charge in [0.25, 0.3) is 0 Å². The van der Waals surface area contributed by atoms with Crippen molar-refractivity contribution >= 4 is 5.97 Å². The molecule has 0 spiro atoms. The summed E-state index contributed by atoms with van der Waals surface area (Å²) < 4.78 is 5.71. The highest BCUT2D eigenvalue weighted by atomic mass is 16.5. The number of hydrogen-bond donors (Lipinski definition) is 4. The molecule has 6 nitrogen and oxygen atoms in total. The van der Waals surface area contributed by atoms with Crippen LogP contribution < -0.4 is 0 Å². The minimum absolute atomic E-state index is 0.109. The van der Waals surface area contributed by atoms with E-state index in [1.807, 2.05) is 6.92 Å². The molecule has 28 heavy (non-hydrogen) atoms. The summed E-state index contributed by atoms with van der Waals surface area (Å²) in [7, 11) is 0. The molecule has 0 aliphatic heterocycles. The number of ether oxygens (including phenoxy) is 1. The lowest BCUT2D eigenvalue weighted by molar-refractivity contribution is -0.150. The molecule has 4 N–H and O–H groups in total. The second-order valence-electron chi connectivity index (χ2n) is 7.86.